The summed E-state index contributed by atoms with van der Waals surface area (Å²) in [5.74, 6) is -2.74. The Kier molecular flexibility index (Phi) is 3.44. The molecule has 0 aromatic rings. The summed E-state index contributed by atoms with van der Waals surface area (Å²) < 4.78 is 52.0. The molecule has 0 amide bonds. The smallest absolute Gasteiger partial charge is 0.207 e. The van der Waals surface area contributed by atoms with Gasteiger partial charge in [-0.15, -0.1) is 0 Å². The number of rotatable bonds is 3. The normalized spacial score (nSPS) is 27.5. The number of alkyl halides is 2. The molecule has 1 rings (SSSR count). The van der Waals surface area contributed by atoms with E-state index in [-0.39, 0.29) is 6.42 Å². The van der Waals surface area contributed by atoms with Gasteiger partial charge < -0.3 is 0 Å². The van der Waals surface area contributed by atoms with Crippen molar-refractivity contribution in [3.63, 3.8) is 0 Å². The van der Waals surface area contributed by atoms with Gasteiger partial charge in [0, 0.05) is 25.9 Å². The fourth-order valence-corrected chi connectivity index (χ4v) is 2.31. The van der Waals surface area contributed by atoms with Crippen molar-refractivity contribution in [3.05, 3.63) is 0 Å². The maximum absolute atomic E-state index is 12.9. The third-order valence-corrected chi connectivity index (χ3v) is 3.41. The van der Waals surface area contributed by atoms with Crippen molar-refractivity contribution in [2.45, 2.75) is 37.6 Å². The molecule has 0 aromatic carbocycles. The first kappa shape index (κ1) is 11.8. The van der Waals surface area contributed by atoms with Crippen LogP contribution in [0.2, 0.25) is 0 Å². The molecule has 1 aliphatic rings. The lowest BCUT2D eigenvalue weighted by atomic mass is 9.93. The van der Waals surface area contributed by atoms with Crippen LogP contribution < -0.4 is 9.44 Å². The summed E-state index contributed by atoms with van der Waals surface area (Å²) in [6.07, 6.45) is 0.263. The van der Waals surface area contributed by atoms with Gasteiger partial charge in [0.15, 0.2) is 0 Å². The van der Waals surface area contributed by atoms with Crippen molar-refractivity contribution in [1.82, 2.24) is 9.44 Å². The SMILES string of the molecule is CNS(=O)(=O)N[C@H]1CCCC(F)(F)C1. The fraction of sp³-hybridized carbons (Fsp3) is 1.00. The zero-order valence-electron chi connectivity index (χ0n) is 7.89. The Morgan fingerprint density at radius 3 is 2.57 bits per heavy atom. The number of nitrogens with one attached hydrogen (secondary N) is 2. The molecule has 0 spiro atoms. The third kappa shape index (κ3) is 3.47. The molecule has 0 saturated heterocycles. The van der Waals surface area contributed by atoms with E-state index in [1.165, 1.54) is 7.05 Å². The molecule has 4 nitrogen and oxygen atoms in total. The zero-order chi connectivity index (χ0) is 10.8. The molecule has 0 radical (unpaired) electrons. The monoisotopic (exact) mass is 228 g/mol. The average Bonchev–Trinajstić information content (AvgIpc) is 2.01. The standard InChI is InChI=1S/C7H14F2N2O2S/c1-10-14(12,13)11-6-3-2-4-7(8,9)5-6/h6,10-11H,2-5H2,1H3/t6-/m0/s1. The van der Waals surface area contributed by atoms with Gasteiger partial charge in [0.05, 0.1) is 0 Å². The van der Waals surface area contributed by atoms with Crippen LogP contribution in [-0.4, -0.2) is 27.4 Å². The maximum atomic E-state index is 12.9. The Balaban J connectivity index is 2.54. The summed E-state index contributed by atoms with van der Waals surface area (Å²) in [7, 11) is -2.36. The highest BCUT2D eigenvalue weighted by Gasteiger charge is 2.37. The lowest BCUT2D eigenvalue weighted by Gasteiger charge is -2.28. The molecule has 7 heteroatoms. The van der Waals surface area contributed by atoms with Gasteiger partial charge in [-0.05, 0) is 12.8 Å². The van der Waals surface area contributed by atoms with Crippen molar-refractivity contribution < 1.29 is 17.2 Å². The van der Waals surface area contributed by atoms with E-state index in [1.807, 2.05) is 4.72 Å². The van der Waals surface area contributed by atoms with E-state index in [4.69, 9.17) is 0 Å². The van der Waals surface area contributed by atoms with Gasteiger partial charge in [-0.2, -0.15) is 13.1 Å². The van der Waals surface area contributed by atoms with Gasteiger partial charge in [-0.25, -0.2) is 13.5 Å². The van der Waals surface area contributed by atoms with Crippen molar-refractivity contribution in [2.75, 3.05) is 7.05 Å². The Morgan fingerprint density at radius 2 is 2.07 bits per heavy atom. The van der Waals surface area contributed by atoms with Crippen molar-refractivity contribution >= 4 is 10.2 Å². The molecule has 0 heterocycles. The second-order valence-corrected chi connectivity index (χ2v) is 5.13. The van der Waals surface area contributed by atoms with Gasteiger partial charge in [-0.3, -0.25) is 0 Å². The quantitative estimate of drug-likeness (QED) is 0.744. The van der Waals surface area contributed by atoms with Crippen molar-refractivity contribution in [3.8, 4) is 0 Å². The third-order valence-electron chi connectivity index (χ3n) is 2.23. The molecule has 0 aliphatic heterocycles. The second-order valence-electron chi connectivity index (χ2n) is 3.47. The molecule has 1 saturated carbocycles. The predicted octanol–water partition coefficient (Wildman–Crippen LogP) is 0.618. The lowest BCUT2D eigenvalue weighted by Crippen LogP contribution is -2.45. The highest BCUT2D eigenvalue weighted by atomic mass is 32.2. The van der Waals surface area contributed by atoms with E-state index in [0.29, 0.717) is 12.8 Å². The van der Waals surface area contributed by atoms with E-state index in [2.05, 4.69) is 4.72 Å². The summed E-state index contributed by atoms with van der Waals surface area (Å²) in [4.78, 5) is 0. The molecular weight excluding hydrogens is 214 g/mol. The Morgan fingerprint density at radius 1 is 1.43 bits per heavy atom. The molecule has 1 fully saturated rings. The van der Waals surface area contributed by atoms with Gasteiger partial charge in [0.25, 0.3) is 10.2 Å². The highest BCUT2D eigenvalue weighted by Crippen LogP contribution is 2.33. The first-order valence-electron chi connectivity index (χ1n) is 4.43. The van der Waals surface area contributed by atoms with E-state index >= 15 is 0 Å². The van der Waals surface area contributed by atoms with Crippen LogP contribution in [0.1, 0.15) is 25.7 Å². The fourth-order valence-electron chi connectivity index (χ4n) is 1.55. The minimum absolute atomic E-state index is 0.148. The van der Waals surface area contributed by atoms with Crippen LogP contribution in [0, 0.1) is 0 Å². The average molecular weight is 228 g/mol. The molecule has 14 heavy (non-hydrogen) atoms. The van der Waals surface area contributed by atoms with Gasteiger partial charge >= 0.3 is 0 Å². The maximum Gasteiger partial charge on any atom is 0.276 e. The van der Waals surface area contributed by atoms with Crippen molar-refractivity contribution in [1.29, 1.82) is 0 Å². The minimum Gasteiger partial charge on any atom is -0.207 e. The number of halogens is 2. The second kappa shape index (κ2) is 4.08. The number of hydrogen-bond donors (Lipinski definition) is 2. The minimum atomic E-state index is -3.60. The first-order valence-corrected chi connectivity index (χ1v) is 5.91. The van der Waals surface area contributed by atoms with Crippen LogP contribution >= 0.6 is 0 Å². The van der Waals surface area contributed by atoms with Crippen LogP contribution in [0.25, 0.3) is 0 Å². The van der Waals surface area contributed by atoms with E-state index in [0.717, 1.165) is 0 Å². The van der Waals surface area contributed by atoms with Gasteiger partial charge in [0.1, 0.15) is 0 Å². The summed E-state index contributed by atoms with van der Waals surface area (Å²) in [6, 6.07) is -0.656. The molecule has 0 bridgehead atoms. The highest BCUT2D eigenvalue weighted by molar-refractivity contribution is 7.87. The topological polar surface area (TPSA) is 58.2 Å². The Labute approximate surface area is 82.3 Å². The molecule has 1 atom stereocenters. The lowest BCUT2D eigenvalue weighted by molar-refractivity contribution is -0.0414. The summed E-state index contributed by atoms with van der Waals surface area (Å²) >= 11 is 0. The van der Waals surface area contributed by atoms with Crippen LogP contribution in [0.3, 0.4) is 0 Å². The zero-order valence-corrected chi connectivity index (χ0v) is 8.70. The van der Waals surface area contributed by atoms with E-state index in [1.54, 1.807) is 0 Å². The van der Waals surface area contributed by atoms with Gasteiger partial charge in [-0.1, -0.05) is 0 Å². The van der Waals surface area contributed by atoms with Crippen LogP contribution in [0.4, 0.5) is 8.78 Å². The molecule has 84 valence electrons. The summed E-state index contributed by atoms with van der Waals surface area (Å²) in [5, 5.41) is 0. The van der Waals surface area contributed by atoms with Gasteiger partial charge in [0.2, 0.25) is 5.92 Å². The van der Waals surface area contributed by atoms with E-state index in [9.17, 15) is 17.2 Å². The van der Waals surface area contributed by atoms with E-state index < -0.39 is 28.6 Å². The predicted molar refractivity (Wildman–Crippen MR) is 48.3 cm³/mol. The molecule has 1 aliphatic carbocycles. The first-order chi connectivity index (χ1) is 6.35. The molecule has 2 N–H and O–H groups in total. The summed E-state index contributed by atoms with van der Waals surface area (Å²) in [6.45, 7) is 0. The Bertz CT molecular complexity index is 292. The van der Waals surface area contributed by atoms with Crippen LogP contribution in [0.15, 0.2) is 0 Å². The Hall–Kier alpha value is -0.270. The molecule has 0 unspecified atom stereocenters. The summed E-state index contributed by atoms with van der Waals surface area (Å²) in [5.41, 5.74) is 0. The number of hydrogen-bond acceptors (Lipinski definition) is 2. The van der Waals surface area contributed by atoms with Crippen LogP contribution in [0.5, 0.6) is 0 Å². The van der Waals surface area contributed by atoms with Crippen LogP contribution in [-0.2, 0) is 10.2 Å². The molecule has 0 aromatic heterocycles. The largest absolute Gasteiger partial charge is 0.276 e. The van der Waals surface area contributed by atoms with Crippen molar-refractivity contribution in [2.24, 2.45) is 0 Å². The molecular formula is C7H14F2N2O2S.